The molecule has 0 fully saturated rings. The molecule has 0 aliphatic heterocycles. The van der Waals surface area contributed by atoms with Gasteiger partial charge in [-0.25, -0.2) is 11.6 Å². The molecule has 0 saturated heterocycles. The molecule has 0 heterocycles. The van der Waals surface area contributed by atoms with Gasteiger partial charge in [0.15, 0.2) is 0 Å². The monoisotopic (exact) mass is 740 g/mol. The Morgan fingerprint density at radius 2 is 1.33 bits per heavy atom. The number of hydrogen-bond acceptors (Lipinski definition) is 0. The molecule has 0 N–H and O–H groups in total. The predicted molar refractivity (Wildman–Crippen MR) is 193 cm³/mol. The second-order valence-electron chi connectivity index (χ2n) is 15.1. The Morgan fingerprint density at radius 3 is 1.80 bits per heavy atom. The summed E-state index contributed by atoms with van der Waals surface area (Å²) in [5, 5.41) is 1.62. The number of hydrogen-bond donors (Lipinski definition) is 0. The quantitative estimate of drug-likeness (QED) is 0.186. The molecule has 0 nitrogen and oxygen atoms in total. The number of allylic oxidation sites excluding steroid dienone is 4. The summed E-state index contributed by atoms with van der Waals surface area (Å²) in [4.78, 5) is 0. The van der Waals surface area contributed by atoms with Gasteiger partial charge >= 0.3 is 63.8 Å². The van der Waals surface area contributed by atoms with Gasteiger partial charge in [-0.1, -0.05) is 91.7 Å². The molecule has 4 heteroatoms. The summed E-state index contributed by atoms with van der Waals surface area (Å²) in [6.07, 6.45) is 7.13. The predicted octanol–water partition coefficient (Wildman–Crippen LogP) is 4.41. The third-order valence-corrected chi connectivity index (χ3v) is 12.4. The first-order valence-electron chi connectivity index (χ1n) is 16.0. The van der Waals surface area contributed by atoms with E-state index in [9.17, 15) is 0 Å². The minimum atomic E-state index is -1.06. The molecule has 0 spiro atoms. The number of halogens is 2. The standard InChI is InChI=1S/C25H25.C10H17Si.C7H6.2ClH.Zr/c1-14-12-24(3,4)22-8-16-7-17-9-23-19(15(2)13-25(23,5)6)11-21(17)20(16)10-18(14)22;1-8-6-9(2)10(7-8)11(3,4)5;1-7-5-3-2-4-6-7;;;/h8-12H,7H2,1-6H3;6-7H,1-5H3;1-6H;2*1H;/q2*-1;;;;+2/p-2. The average molecular weight is 743 g/mol. The van der Waals surface area contributed by atoms with Crippen LogP contribution in [-0.4, -0.2) is 11.8 Å². The molecule has 0 aromatic heterocycles. The molecule has 0 bridgehead atoms. The second kappa shape index (κ2) is 14.3. The van der Waals surface area contributed by atoms with Crippen molar-refractivity contribution in [1.29, 1.82) is 0 Å². The van der Waals surface area contributed by atoms with Crippen molar-refractivity contribution >= 4 is 28.1 Å². The van der Waals surface area contributed by atoms with E-state index in [0.717, 1.165) is 6.42 Å². The molecule has 4 aromatic rings. The zero-order chi connectivity index (χ0) is 32.2. The topological polar surface area (TPSA) is 0 Å². The van der Waals surface area contributed by atoms with Gasteiger partial charge in [-0.2, -0.15) is 27.9 Å². The van der Waals surface area contributed by atoms with Crippen LogP contribution in [-0.2, 0) is 41.5 Å². The molecule has 0 saturated carbocycles. The van der Waals surface area contributed by atoms with E-state index in [-0.39, 0.29) is 35.6 Å². The van der Waals surface area contributed by atoms with Gasteiger partial charge in [0.1, 0.15) is 0 Å². The first-order chi connectivity index (χ1) is 20.5. The summed E-state index contributed by atoms with van der Waals surface area (Å²) in [5.41, 5.74) is 18.8. The van der Waals surface area contributed by atoms with Crippen LogP contribution in [0, 0.1) is 19.9 Å². The Kier molecular flexibility index (Phi) is 11.9. The number of aryl methyl sites for hydroxylation is 2. The van der Waals surface area contributed by atoms with Crippen molar-refractivity contribution in [3.8, 4) is 11.1 Å². The molecule has 0 amide bonds. The van der Waals surface area contributed by atoms with Crippen molar-refractivity contribution in [2.24, 2.45) is 0 Å². The molecule has 46 heavy (non-hydrogen) atoms. The summed E-state index contributed by atoms with van der Waals surface area (Å²) in [5.74, 6) is 0. The Bertz CT molecular complexity index is 1730. The summed E-state index contributed by atoms with van der Waals surface area (Å²) in [6, 6.07) is 24.8. The zero-order valence-corrected chi connectivity index (χ0v) is 34.4. The molecule has 3 aliphatic rings. The van der Waals surface area contributed by atoms with Gasteiger partial charge in [-0.05, 0) is 58.4 Å². The van der Waals surface area contributed by atoms with Crippen LogP contribution >= 0.6 is 0 Å². The summed E-state index contributed by atoms with van der Waals surface area (Å²) in [7, 11) is -1.06. The van der Waals surface area contributed by atoms with Gasteiger partial charge in [-0.3, -0.25) is 6.08 Å². The van der Waals surface area contributed by atoms with Crippen molar-refractivity contribution in [3.63, 3.8) is 0 Å². The summed E-state index contributed by atoms with van der Waals surface area (Å²) < 4.78 is 2.17. The molecule has 0 atom stereocenters. The van der Waals surface area contributed by atoms with Gasteiger partial charge < -0.3 is 24.8 Å². The van der Waals surface area contributed by atoms with Crippen LogP contribution in [0.5, 0.6) is 0 Å². The third-order valence-electron chi connectivity index (χ3n) is 9.45. The van der Waals surface area contributed by atoms with Crippen molar-refractivity contribution in [2.45, 2.75) is 92.3 Å². The number of fused-ring (bicyclic) bond motifs is 5. The van der Waals surface area contributed by atoms with Crippen LogP contribution in [0.2, 0.25) is 19.6 Å². The fourth-order valence-electron chi connectivity index (χ4n) is 7.43. The number of rotatable bonds is 2. The maximum absolute atomic E-state index is 3.65. The Morgan fingerprint density at radius 1 is 0.761 bits per heavy atom. The number of benzene rings is 3. The van der Waals surface area contributed by atoms with Crippen molar-refractivity contribution < 1.29 is 49.0 Å². The maximum atomic E-state index is 3.65. The second-order valence-corrected chi connectivity index (χ2v) is 20.9. The van der Waals surface area contributed by atoms with E-state index in [1.807, 2.05) is 6.07 Å². The molecule has 3 aliphatic carbocycles. The average Bonchev–Trinajstić information content (AvgIpc) is 3.62. The van der Waals surface area contributed by atoms with Gasteiger partial charge in [0.05, 0.1) is 0 Å². The van der Waals surface area contributed by atoms with Crippen molar-refractivity contribution in [1.82, 2.24) is 0 Å². The summed E-state index contributed by atoms with van der Waals surface area (Å²) >= 11 is 1.46. The van der Waals surface area contributed by atoms with Crippen LogP contribution in [0.25, 0.3) is 22.3 Å². The third kappa shape index (κ3) is 7.68. The summed E-state index contributed by atoms with van der Waals surface area (Å²) in [6.45, 7) is 25.3. The van der Waals surface area contributed by atoms with Crippen molar-refractivity contribution in [3.05, 3.63) is 129 Å². The molecular formula is C42H48Cl2SiZr-2. The van der Waals surface area contributed by atoms with Gasteiger partial charge in [0.2, 0.25) is 0 Å². The SMILES string of the molecule is CC1=[C-]C(C)(C)c2cc3c(cc21)-c1cc2c(cc1C3)C(C)(C)C=C2C.Cc1cc([Si](C)(C)C)c(C)[cH-]1.[Cl-].[Cl-].[Zr+2]=[CH]c1ccccc1. The van der Waals surface area contributed by atoms with Gasteiger partial charge in [0.25, 0.3) is 0 Å². The Balaban J connectivity index is 0.000000229. The molecule has 0 radical (unpaired) electrons. The molecule has 4 aromatic carbocycles. The van der Waals surface area contributed by atoms with Gasteiger partial charge in [-0.15, -0.1) is 11.6 Å². The van der Waals surface area contributed by atoms with E-state index in [1.165, 1.54) is 96.6 Å². The van der Waals surface area contributed by atoms with Crippen molar-refractivity contribution in [2.75, 3.05) is 0 Å². The van der Waals surface area contributed by atoms with Crippen LogP contribution in [0.3, 0.4) is 0 Å². The van der Waals surface area contributed by atoms with Crippen LogP contribution in [0.1, 0.15) is 91.6 Å². The molecular weight excluding hydrogens is 695 g/mol. The van der Waals surface area contributed by atoms with Crippen LogP contribution < -0.4 is 30.0 Å². The van der Waals surface area contributed by atoms with E-state index in [1.54, 1.807) is 5.19 Å². The van der Waals surface area contributed by atoms with Gasteiger partial charge in [0, 0.05) is 13.5 Å². The van der Waals surface area contributed by atoms with Crippen LogP contribution in [0.4, 0.5) is 0 Å². The fourth-order valence-corrected chi connectivity index (χ4v) is 9.82. The minimum absolute atomic E-state index is 0. The normalized spacial score (nSPS) is 15.6. The fraction of sp³-hybridized carbons (Fsp3) is 0.333. The van der Waals surface area contributed by atoms with E-state index >= 15 is 0 Å². The molecule has 0 unspecified atom stereocenters. The van der Waals surface area contributed by atoms with Crippen LogP contribution in [0.15, 0.2) is 72.8 Å². The van der Waals surface area contributed by atoms with E-state index < -0.39 is 8.07 Å². The molecule has 7 rings (SSSR count). The van der Waals surface area contributed by atoms with E-state index in [4.69, 9.17) is 0 Å². The first-order valence-corrected chi connectivity index (χ1v) is 20.9. The zero-order valence-electron chi connectivity index (χ0n) is 29.5. The molecule has 240 valence electrons. The van der Waals surface area contributed by atoms with E-state index in [2.05, 4.69) is 152 Å². The van der Waals surface area contributed by atoms with E-state index in [0.29, 0.717) is 0 Å². The Hall–Kier alpha value is -1.96. The Labute approximate surface area is 307 Å². The first kappa shape index (κ1) is 38.5.